The van der Waals surface area contributed by atoms with Crippen molar-refractivity contribution in [1.29, 1.82) is 0 Å². The zero-order valence-electron chi connectivity index (χ0n) is 10.3. The first-order valence-electron chi connectivity index (χ1n) is 6.34. The maximum Gasteiger partial charge on any atom is 0.139 e. The molecule has 0 aliphatic heterocycles. The number of ether oxygens (including phenoxy) is 1. The van der Waals surface area contributed by atoms with Crippen LogP contribution in [0.3, 0.4) is 0 Å². The van der Waals surface area contributed by atoms with E-state index >= 15 is 0 Å². The molecule has 3 aliphatic rings. The normalized spacial score (nSPS) is 45.4. The quantitative estimate of drug-likeness (QED) is 0.635. The van der Waals surface area contributed by atoms with Crippen LogP contribution in [0.5, 0.6) is 0 Å². The van der Waals surface area contributed by atoms with Gasteiger partial charge >= 0.3 is 0 Å². The van der Waals surface area contributed by atoms with Gasteiger partial charge in [-0.1, -0.05) is 12.2 Å². The molecule has 0 N–H and O–H groups in total. The predicted molar refractivity (Wildman–Crippen MR) is 62.0 cm³/mol. The van der Waals surface area contributed by atoms with E-state index < -0.39 is 0 Å². The lowest BCUT2D eigenvalue weighted by molar-refractivity contribution is -0.122. The van der Waals surface area contributed by atoms with Crippen molar-refractivity contribution in [1.82, 2.24) is 0 Å². The third-order valence-electron chi connectivity index (χ3n) is 4.23. The molecule has 0 saturated heterocycles. The first kappa shape index (κ1) is 10.5. The summed E-state index contributed by atoms with van der Waals surface area (Å²) >= 11 is 0. The van der Waals surface area contributed by atoms with Gasteiger partial charge in [0.2, 0.25) is 0 Å². The average molecular weight is 220 g/mol. The zero-order valence-corrected chi connectivity index (χ0v) is 10.3. The third kappa shape index (κ3) is 1.46. The standard InChI is InChI=1S/C14H20O2/c1-14(2,3)16-11-7-10(15)12-8-4-5-9(6-8)13(11)12/h4-5,8-9,11-13H,6-7H2,1-3H3/t8-,9+,11+,12+,13-/m0/s1. The molecule has 16 heavy (non-hydrogen) atoms. The van der Waals surface area contributed by atoms with Crippen LogP contribution in [0.2, 0.25) is 0 Å². The number of ketones is 1. The number of fused-ring (bicyclic) bond motifs is 5. The van der Waals surface area contributed by atoms with E-state index in [0.717, 1.165) is 0 Å². The molecule has 2 fully saturated rings. The summed E-state index contributed by atoms with van der Waals surface area (Å²) in [6, 6.07) is 0. The SMILES string of the molecule is CC(C)(C)O[C@@H]1CC(=O)[C@@H]2[C@H]1[C@@H]1C=C[C@H]2C1. The molecular formula is C14H20O2. The van der Waals surface area contributed by atoms with E-state index in [9.17, 15) is 4.79 Å². The molecule has 0 unspecified atom stereocenters. The molecule has 5 atom stereocenters. The minimum Gasteiger partial charge on any atom is -0.372 e. The summed E-state index contributed by atoms with van der Waals surface area (Å²) in [4.78, 5) is 12.0. The van der Waals surface area contributed by atoms with Crippen LogP contribution in [0, 0.1) is 23.7 Å². The number of hydrogen-bond acceptors (Lipinski definition) is 2. The number of hydrogen-bond donors (Lipinski definition) is 0. The van der Waals surface area contributed by atoms with Gasteiger partial charge in [0.1, 0.15) is 5.78 Å². The number of carbonyl (C=O) groups is 1. The Morgan fingerprint density at radius 1 is 1.25 bits per heavy atom. The molecule has 88 valence electrons. The highest BCUT2D eigenvalue weighted by atomic mass is 16.5. The zero-order chi connectivity index (χ0) is 11.5. The Balaban J connectivity index is 1.83. The fraction of sp³-hybridized carbons (Fsp3) is 0.786. The topological polar surface area (TPSA) is 26.3 Å². The van der Waals surface area contributed by atoms with E-state index in [1.165, 1.54) is 6.42 Å². The van der Waals surface area contributed by atoms with Crippen molar-refractivity contribution in [3.05, 3.63) is 12.2 Å². The fourth-order valence-electron chi connectivity index (χ4n) is 3.87. The second-order valence-corrected chi connectivity index (χ2v) is 6.49. The monoisotopic (exact) mass is 220 g/mol. The largest absolute Gasteiger partial charge is 0.372 e. The van der Waals surface area contributed by atoms with Crippen molar-refractivity contribution in [3.8, 4) is 0 Å². The van der Waals surface area contributed by atoms with Crippen LogP contribution in [0.1, 0.15) is 33.6 Å². The highest BCUT2D eigenvalue weighted by Gasteiger charge is 2.56. The van der Waals surface area contributed by atoms with E-state index in [1.54, 1.807) is 0 Å². The average Bonchev–Trinajstić information content (AvgIpc) is 2.76. The third-order valence-corrected chi connectivity index (χ3v) is 4.23. The molecule has 2 bridgehead atoms. The highest BCUT2D eigenvalue weighted by molar-refractivity contribution is 5.85. The molecule has 2 nitrogen and oxygen atoms in total. The van der Waals surface area contributed by atoms with Gasteiger partial charge in [-0.2, -0.15) is 0 Å². The summed E-state index contributed by atoms with van der Waals surface area (Å²) in [5, 5.41) is 0. The molecule has 0 amide bonds. The minimum absolute atomic E-state index is 0.134. The Bertz CT molecular complexity index is 350. The molecule has 3 aliphatic carbocycles. The summed E-state index contributed by atoms with van der Waals surface area (Å²) < 4.78 is 6.08. The highest BCUT2D eigenvalue weighted by Crippen LogP contribution is 2.55. The van der Waals surface area contributed by atoms with Crippen molar-refractivity contribution in [2.45, 2.75) is 45.3 Å². The van der Waals surface area contributed by atoms with Crippen LogP contribution in [0.15, 0.2) is 12.2 Å². The van der Waals surface area contributed by atoms with Crippen molar-refractivity contribution in [3.63, 3.8) is 0 Å². The predicted octanol–water partition coefficient (Wildman–Crippen LogP) is 2.58. The Hall–Kier alpha value is -0.630. The van der Waals surface area contributed by atoms with Gasteiger partial charge in [0, 0.05) is 18.3 Å². The lowest BCUT2D eigenvalue weighted by Crippen LogP contribution is -2.33. The maximum atomic E-state index is 12.0. The van der Waals surface area contributed by atoms with E-state index in [1.807, 2.05) is 0 Å². The number of allylic oxidation sites excluding steroid dienone is 2. The van der Waals surface area contributed by atoms with Gasteiger partial charge in [-0.15, -0.1) is 0 Å². The van der Waals surface area contributed by atoms with Gasteiger partial charge in [0.15, 0.2) is 0 Å². The molecule has 0 aromatic rings. The van der Waals surface area contributed by atoms with Crippen LogP contribution < -0.4 is 0 Å². The molecular weight excluding hydrogens is 200 g/mol. The van der Waals surface area contributed by atoms with Gasteiger partial charge in [-0.05, 0) is 39.0 Å². The second kappa shape index (κ2) is 3.19. The number of rotatable bonds is 1. The van der Waals surface area contributed by atoms with Crippen molar-refractivity contribution >= 4 is 5.78 Å². The molecule has 2 heteroatoms. The van der Waals surface area contributed by atoms with Crippen LogP contribution in [-0.2, 0) is 9.53 Å². The van der Waals surface area contributed by atoms with Crippen LogP contribution >= 0.6 is 0 Å². The van der Waals surface area contributed by atoms with Gasteiger partial charge in [0.05, 0.1) is 11.7 Å². The minimum atomic E-state index is -0.134. The summed E-state index contributed by atoms with van der Waals surface area (Å²) in [6.07, 6.45) is 6.55. The molecule has 0 radical (unpaired) electrons. The van der Waals surface area contributed by atoms with E-state index in [-0.39, 0.29) is 17.6 Å². The Kier molecular flexibility index (Phi) is 2.10. The molecule has 0 aromatic carbocycles. The second-order valence-electron chi connectivity index (χ2n) is 6.49. The first-order valence-corrected chi connectivity index (χ1v) is 6.34. The van der Waals surface area contributed by atoms with Crippen molar-refractivity contribution in [2.24, 2.45) is 23.7 Å². The summed E-state index contributed by atoms with van der Waals surface area (Å²) in [7, 11) is 0. The Morgan fingerprint density at radius 2 is 1.94 bits per heavy atom. The van der Waals surface area contributed by atoms with E-state index in [0.29, 0.717) is 30.0 Å². The van der Waals surface area contributed by atoms with E-state index in [4.69, 9.17) is 4.74 Å². The Morgan fingerprint density at radius 3 is 2.62 bits per heavy atom. The number of Topliss-reactive ketones (excluding diaryl/α,β-unsaturated/α-hetero) is 1. The van der Waals surface area contributed by atoms with Gasteiger partial charge < -0.3 is 4.74 Å². The van der Waals surface area contributed by atoms with Gasteiger partial charge in [-0.25, -0.2) is 0 Å². The lowest BCUT2D eigenvalue weighted by atomic mass is 9.84. The van der Waals surface area contributed by atoms with Crippen LogP contribution in [-0.4, -0.2) is 17.5 Å². The molecule has 3 rings (SSSR count). The molecule has 0 spiro atoms. The summed E-state index contributed by atoms with van der Waals surface area (Å²) in [6.45, 7) is 6.23. The maximum absolute atomic E-state index is 12.0. The fourth-order valence-corrected chi connectivity index (χ4v) is 3.87. The summed E-state index contributed by atoms with van der Waals surface area (Å²) in [5.74, 6) is 2.32. The van der Waals surface area contributed by atoms with Crippen LogP contribution in [0.4, 0.5) is 0 Å². The van der Waals surface area contributed by atoms with Crippen molar-refractivity contribution < 1.29 is 9.53 Å². The van der Waals surface area contributed by atoms with Gasteiger partial charge in [-0.3, -0.25) is 4.79 Å². The molecule has 0 aromatic heterocycles. The lowest BCUT2D eigenvalue weighted by Gasteiger charge is -2.31. The van der Waals surface area contributed by atoms with Crippen LogP contribution in [0.25, 0.3) is 0 Å². The van der Waals surface area contributed by atoms with E-state index in [2.05, 4.69) is 32.9 Å². The molecule has 0 heterocycles. The number of carbonyl (C=O) groups excluding carboxylic acids is 1. The Labute approximate surface area is 97.1 Å². The first-order chi connectivity index (χ1) is 7.46. The molecule has 2 saturated carbocycles. The smallest absolute Gasteiger partial charge is 0.139 e. The summed E-state index contributed by atoms with van der Waals surface area (Å²) in [5.41, 5.74) is -0.134. The van der Waals surface area contributed by atoms with Crippen molar-refractivity contribution in [2.75, 3.05) is 0 Å². The van der Waals surface area contributed by atoms with Gasteiger partial charge in [0.25, 0.3) is 0 Å².